The topological polar surface area (TPSA) is 52.6 Å². The second kappa shape index (κ2) is 5.36. The van der Waals surface area contributed by atoms with Crippen LogP contribution in [0.4, 0.5) is 0 Å². The van der Waals surface area contributed by atoms with Crippen LogP contribution in [0.1, 0.15) is 39.5 Å². The van der Waals surface area contributed by atoms with Crippen molar-refractivity contribution in [2.45, 2.75) is 57.7 Å². The van der Waals surface area contributed by atoms with Crippen molar-refractivity contribution in [3.63, 3.8) is 0 Å². The molecule has 98 valence electrons. The van der Waals surface area contributed by atoms with Crippen LogP contribution in [0.25, 0.3) is 0 Å². The fourth-order valence-electron chi connectivity index (χ4n) is 3.22. The lowest BCUT2D eigenvalue weighted by Gasteiger charge is -2.34. The van der Waals surface area contributed by atoms with Gasteiger partial charge in [-0.15, -0.1) is 0 Å². The van der Waals surface area contributed by atoms with Gasteiger partial charge in [-0.3, -0.25) is 15.0 Å². The number of nitrogens with one attached hydrogen (secondary N) is 1. The number of rotatable bonds is 4. The zero-order chi connectivity index (χ0) is 12.4. The molecule has 0 amide bonds. The number of carboxylic acids is 1. The van der Waals surface area contributed by atoms with E-state index in [0.29, 0.717) is 12.1 Å². The number of hydrogen-bond donors (Lipinski definition) is 2. The van der Waals surface area contributed by atoms with Gasteiger partial charge in [-0.05, 0) is 31.7 Å². The first-order valence-corrected chi connectivity index (χ1v) is 6.82. The van der Waals surface area contributed by atoms with Gasteiger partial charge in [0, 0.05) is 18.6 Å². The van der Waals surface area contributed by atoms with Gasteiger partial charge in [-0.1, -0.05) is 20.3 Å². The second-order valence-corrected chi connectivity index (χ2v) is 5.72. The van der Waals surface area contributed by atoms with Crippen LogP contribution < -0.4 is 5.32 Å². The number of nitrogens with zero attached hydrogens (tertiary/aromatic N) is 1. The fraction of sp³-hybridized carbons (Fsp3) is 0.923. The maximum absolute atomic E-state index is 11.2. The molecule has 4 heteroatoms. The largest absolute Gasteiger partial charge is 0.480 e. The van der Waals surface area contributed by atoms with Crippen molar-refractivity contribution in [2.75, 3.05) is 13.1 Å². The highest BCUT2D eigenvalue weighted by atomic mass is 16.4. The highest BCUT2D eigenvalue weighted by Crippen LogP contribution is 2.27. The Labute approximate surface area is 103 Å². The first-order valence-electron chi connectivity index (χ1n) is 6.82. The van der Waals surface area contributed by atoms with Gasteiger partial charge < -0.3 is 5.11 Å². The Morgan fingerprint density at radius 1 is 1.29 bits per heavy atom. The zero-order valence-electron chi connectivity index (χ0n) is 10.9. The number of carboxylic acid groups (broad SMARTS) is 1. The molecule has 0 aromatic heterocycles. The molecule has 0 aromatic carbocycles. The smallest absolute Gasteiger partial charge is 0.320 e. The van der Waals surface area contributed by atoms with Gasteiger partial charge in [0.25, 0.3) is 0 Å². The molecule has 2 aliphatic rings. The summed E-state index contributed by atoms with van der Waals surface area (Å²) in [6.45, 7) is 6.27. The molecule has 0 aromatic rings. The van der Waals surface area contributed by atoms with E-state index in [9.17, 15) is 9.90 Å². The van der Waals surface area contributed by atoms with Crippen molar-refractivity contribution in [3.8, 4) is 0 Å². The molecular weight excluding hydrogens is 216 g/mol. The Morgan fingerprint density at radius 3 is 2.71 bits per heavy atom. The molecule has 3 atom stereocenters. The molecule has 3 unspecified atom stereocenters. The minimum absolute atomic E-state index is 0.144. The molecule has 0 bridgehead atoms. The van der Waals surface area contributed by atoms with Gasteiger partial charge in [0.1, 0.15) is 6.04 Å². The normalized spacial score (nSPS) is 31.5. The van der Waals surface area contributed by atoms with Gasteiger partial charge in [-0.2, -0.15) is 0 Å². The summed E-state index contributed by atoms with van der Waals surface area (Å²) in [7, 11) is 0. The Bertz CT molecular complexity index is 281. The van der Waals surface area contributed by atoms with Gasteiger partial charge in [0.05, 0.1) is 0 Å². The van der Waals surface area contributed by atoms with Crippen LogP contribution >= 0.6 is 0 Å². The Hall–Kier alpha value is -0.610. The van der Waals surface area contributed by atoms with E-state index in [-0.39, 0.29) is 5.92 Å². The van der Waals surface area contributed by atoms with E-state index in [4.69, 9.17) is 0 Å². The summed E-state index contributed by atoms with van der Waals surface area (Å²) in [5, 5.41) is 12.6. The molecule has 0 aliphatic carbocycles. The minimum atomic E-state index is -0.714. The molecule has 2 fully saturated rings. The summed E-state index contributed by atoms with van der Waals surface area (Å²) in [5.74, 6) is -0.570. The predicted octanol–water partition coefficient (Wildman–Crippen LogP) is 1.31. The molecule has 0 radical (unpaired) electrons. The van der Waals surface area contributed by atoms with E-state index in [0.717, 1.165) is 13.0 Å². The summed E-state index contributed by atoms with van der Waals surface area (Å²) in [5.41, 5.74) is 0. The lowest BCUT2D eigenvalue weighted by atomic mass is 9.96. The van der Waals surface area contributed by atoms with Crippen molar-refractivity contribution in [2.24, 2.45) is 5.92 Å². The number of carbonyl (C=O) groups is 1. The van der Waals surface area contributed by atoms with Crippen molar-refractivity contribution in [1.82, 2.24) is 10.2 Å². The van der Waals surface area contributed by atoms with Crippen LogP contribution in [0.5, 0.6) is 0 Å². The van der Waals surface area contributed by atoms with E-state index < -0.39 is 12.0 Å². The number of aliphatic carboxylic acids is 1. The molecule has 2 heterocycles. The van der Waals surface area contributed by atoms with Crippen molar-refractivity contribution in [1.29, 1.82) is 0 Å². The van der Waals surface area contributed by atoms with Crippen LogP contribution in [-0.4, -0.2) is 47.2 Å². The SMILES string of the molecule is CC(C)C(NC1CCN2CCCCC12)C(=O)O. The standard InChI is InChI=1S/C13H24N2O2/c1-9(2)12(13(16)17)14-10-6-8-15-7-4-3-5-11(10)15/h9-12,14H,3-8H2,1-2H3,(H,16,17). The summed E-state index contributed by atoms with van der Waals surface area (Å²) >= 11 is 0. The summed E-state index contributed by atoms with van der Waals surface area (Å²) in [4.78, 5) is 13.7. The van der Waals surface area contributed by atoms with Gasteiger partial charge in [0.15, 0.2) is 0 Å². The number of hydrogen-bond acceptors (Lipinski definition) is 3. The summed E-state index contributed by atoms with van der Waals surface area (Å²) in [6, 6.07) is 0.546. The molecule has 4 nitrogen and oxygen atoms in total. The fourth-order valence-corrected chi connectivity index (χ4v) is 3.22. The van der Waals surface area contributed by atoms with E-state index in [1.165, 1.54) is 25.8 Å². The first-order chi connectivity index (χ1) is 8.09. The molecule has 0 spiro atoms. The van der Waals surface area contributed by atoms with E-state index >= 15 is 0 Å². The molecule has 2 saturated heterocycles. The third kappa shape index (κ3) is 2.80. The molecular formula is C13H24N2O2. The average Bonchev–Trinajstić information content (AvgIpc) is 2.68. The quantitative estimate of drug-likeness (QED) is 0.778. The molecule has 17 heavy (non-hydrogen) atoms. The number of piperidine rings is 1. The Morgan fingerprint density at radius 2 is 2.06 bits per heavy atom. The zero-order valence-corrected chi connectivity index (χ0v) is 10.9. The minimum Gasteiger partial charge on any atom is -0.480 e. The molecule has 2 N–H and O–H groups in total. The van der Waals surface area contributed by atoms with Crippen LogP contribution in [0.3, 0.4) is 0 Å². The van der Waals surface area contributed by atoms with E-state index in [1.54, 1.807) is 0 Å². The first kappa shape index (κ1) is 12.8. The molecule has 2 rings (SSSR count). The predicted molar refractivity (Wildman–Crippen MR) is 67.0 cm³/mol. The summed E-state index contributed by atoms with van der Waals surface area (Å²) in [6.07, 6.45) is 4.91. The maximum atomic E-state index is 11.2. The van der Waals surface area contributed by atoms with E-state index in [1.807, 2.05) is 13.8 Å². The van der Waals surface area contributed by atoms with Crippen molar-refractivity contribution in [3.05, 3.63) is 0 Å². The Kier molecular flexibility index (Phi) is 4.05. The number of fused-ring (bicyclic) bond motifs is 1. The molecule has 2 aliphatic heterocycles. The van der Waals surface area contributed by atoms with E-state index in [2.05, 4.69) is 10.2 Å². The van der Waals surface area contributed by atoms with Gasteiger partial charge in [0.2, 0.25) is 0 Å². The lowest BCUT2D eigenvalue weighted by molar-refractivity contribution is -0.141. The van der Waals surface area contributed by atoms with Crippen molar-refractivity contribution < 1.29 is 9.90 Å². The average molecular weight is 240 g/mol. The third-order valence-corrected chi connectivity index (χ3v) is 4.18. The molecule has 0 saturated carbocycles. The van der Waals surface area contributed by atoms with Crippen LogP contribution in [0, 0.1) is 5.92 Å². The third-order valence-electron chi connectivity index (χ3n) is 4.18. The second-order valence-electron chi connectivity index (χ2n) is 5.72. The van der Waals surface area contributed by atoms with Crippen LogP contribution in [0.15, 0.2) is 0 Å². The lowest BCUT2D eigenvalue weighted by Crippen LogP contribution is -2.52. The van der Waals surface area contributed by atoms with Gasteiger partial charge >= 0.3 is 5.97 Å². The van der Waals surface area contributed by atoms with Crippen LogP contribution in [-0.2, 0) is 4.79 Å². The van der Waals surface area contributed by atoms with Crippen molar-refractivity contribution >= 4 is 5.97 Å². The monoisotopic (exact) mass is 240 g/mol. The Balaban J connectivity index is 1.96. The maximum Gasteiger partial charge on any atom is 0.320 e. The van der Waals surface area contributed by atoms with Gasteiger partial charge in [-0.25, -0.2) is 0 Å². The summed E-state index contributed by atoms with van der Waals surface area (Å²) < 4.78 is 0. The highest BCUT2D eigenvalue weighted by Gasteiger charge is 2.37. The highest BCUT2D eigenvalue weighted by molar-refractivity contribution is 5.73. The van der Waals surface area contributed by atoms with Crippen LogP contribution in [0.2, 0.25) is 0 Å².